The first-order chi connectivity index (χ1) is 14.5. The van der Waals surface area contributed by atoms with E-state index in [1.807, 2.05) is 0 Å². The second-order valence-electron chi connectivity index (χ2n) is 6.42. The number of hydrogen-bond donors (Lipinski definition) is 1. The van der Waals surface area contributed by atoms with Crippen molar-refractivity contribution in [1.82, 2.24) is 9.78 Å². The highest BCUT2D eigenvalue weighted by molar-refractivity contribution is 7.99. The van der Waals surface area contributed by atoms with Gasteiger partial charge in [0.2, 0.25) is 11.8 Å². The van der Waals surface area contributed by atoms with E-state index in [2.05, 4.69) is 15.2 Å². The van der Waals surface area contributed by atoms with Gasteiger partial charge in [0.1, 0.15) is 17.3 Å². The Hall–Kier alpha value is -2.58. The molecule has 0 aliphatic rings. The molecule has 178 valence electrons. The van der Waals surface area contributed by atoms with E-state index < -0.39 is 53.9 Å². The number of rotatable bonds is 7. The Morgan fingerprint density at radius 2 is 1.75 bits per heavy atom. The van der Waals surface area contributed by atoms with Crippen molar-refractivity contribution in [3.63, 3.8) is 0 Å². The largest absolute Gasteiger partial charge is 0.470 e. The van der Waals surface area contributed by atoms with Crippen LogP contribution in [0.15, 0.2) is 23.1 Å². The molecule has 0 fully saturated rings. The summed E-state index contributed by atoms with van der Waals surface area (Å²) >= 11 is 0.339. The van der Waals surface area contributed by atoms with Crippen LogP contribution in [0.4, 0.5) is 45.3 Å². The zero-order valence-electron chi connectivity index (χ0n) is 16.2. The molecular weight excluding hydrogens is 481 g/mol. The van der Waals surface area contributed by atoms with Crippen molar-refractivity contribution in [1.29, 1.82) is 0 Å². The molecule has 1 N–H and O–H groups in total. The molecular formula is C17H14F9N3O2S. The second-order valence-corrected chi connectivity index (χ2v) is 7.44. The summed E-state index contributed by atoms with van der Waals surface area (Å²) in [5, 5.41) is 5.72. The number of aromatic nitrogens is 2. The lowest BCUT2D eigenvalue weighted by molar-refractivity contribution is -0.290. The zero-order valence-corrected chi connectivity index (χ0v) is 17.0. The highest BCUT2D eigenvalue weighted by Crippen LogP contribution is 2.37. The van der Waals surface area contributed by atoms with Crippen LogP contribution in [0.25, 0.3) is 5.69 Å². The van der Waals surface area contributed by atoms with Crippen molar-refractivity contribution < 1.29 is 49.0 Å². The minimum absolute atomic E-state index is 0.00549. The van der Waals surface area contributed by atoms with Crippen LogP contribution in [0.2, 0.25) is 0 Å². The summed E-state index contributed by atoms with van der Waals surface area (Å²) in [7, 11) is 0. The molecule has 15 heteroatoms. The van der Waals surface area contributed by atoms with Crippen LogP contribution >= 0.6 is 11.8 Å². The van der Waals surface area contributed by atoms with Gasteiger partial charge < -0.3 is 10.1 Å². The Bertz CT molecular complexity index is 987. The molecule has 0 aliphatic heterocycles. The molecule has 0 unspecified atom stereocenters. The smallest absolute Gasteiger partial charge is 0.456 e. The highest BCUT2D eigenvalue weighted by Gasteiger charge is 2.58. The summed E-state index contributed by atoms with van der Waals surface area (Å²) in [6.45, 7) is 0.221. The summed E-state index contributed by atoms with van der Waals surface area (Å²) in [4.78, 5) is 11.4. The maximum Gasteiger partial charge on any atom is 0.456 e. The summed E-state index contributed by atoms with van der Waals surface area (Å²) < 4.78 is 120. The van der Waals surface area contributed by atoms with Gasteiger partial charge in [0.25, 0.3) is 0 Å². The second kappa shape index (κ2) is 9.11. The molecule has 1 aromatic carbocycles. The number of hydrogen-bond acceptors (Lipinski definition) is 4. The first kappa shape index (κ1) is 25.7. The van der Waals surface area contributed by atoms with E-state index in [0.29, 0.717) is 16.4 Å². The molecule has 1 amide bonds. The summed E-state index contributed by atoms with van der Waals surface area (Å²) in [6.07, 6.45) is -10.4. The van der Waals surface area contributed by atoms with Crippen LogP contribution in [0.5, 0.6) is 5.88 Å². The number of amides is 1. The van der Waals surface area contributed by atoms with Gasteiger partial charge in [-0.1, -0.05) is 0 Å². The van der Waals surface area contributed by atoms with Gasteiger partial charge in [-0.3, -0.25) is 4.79 Å². The lowest BCUT2D eigenvalue weighted by atomic mass is 10.2. The van der Waals surface area contributed by atoms with Crippen molar-refractivity contribution in [2.75, 3.05) is 17.7 Å². The molecule has 0 radical (unpaired) electrons. The Morgan fingerprint density at radius 3 is 2.28 bits per heavy atom. The number of carbonyl (C=O) groups is 1. The molecule has 0 saturated carbocycles. The van der Waals surface area contributed by atoms with Crippen LogP contribution in [-0.2, 0) is 4.79 Å². The summed E-state index contributed by atoms with van der Waals surface area (Å²) in [5.74, 6) is -9.46. The predicted octanol–water partition coefficient (Wildman–Crippen LogP) is 5.51. The molecule has 1 aromatic heterocycles. The molecule has 0 aliphatic carbocycles. The SMILES string of the molecule is CC(=O)Nc1cc(OCC(F)(F)C(F)(F)F)nn1-c1cc(SCC(F)(F)F)c(C)cc1F. The number of aryl methyl sites for hydroxylation is 1. The van der Waals surface area contributed by atoms with Crippen molar-refractivity contribution in [2.45, 2.75) is 37.0 Å². The summed E-state index contributed by atoms with van der Waals surface area (Å²) in [5.41, 5.74) is -0.350. The van der Waals surface area contributed by atoms with Gasteiger partial charge in [-0.2, -0.15) is 35.1 Å². The van der Waals surface area contributed by atoms with E-state index >= 15 is 0 Å². The van der Waals surface area contributed by atoms with Crippen LogP contribution in [0.1, 0.15) is 12.5 Å². The molecule has 2 aromatic rings. The minimum Gasteiger partial charge on any atom is -0.470 e. The number of nitrogens with zero attached hydrogens (tertiary/aromatic N) is 2. The Kier molecular flexibility index (Phi) is 7.31. The number of carbonyl (C=O) groups excluding carboxylic acids is 1. The zero-order chi connectivity index (χ0) is 24.5. The first-order valence-corrected chi connectivity index (χ1v) is 9.44. The van der Waals surface area contributed by atoms with E-state index in [1.54, 1.807) is 0 Å². The van der Waals surface area contributed by atoms with Gasteiger partial charge in [-0.25, -0.2) is 9.07 Å². The topological polar surface area (TPSA) is 56.1 Å². The molecule has 0 bridgehead atoms. The van der Waals surface area contributed by atoms with Gasteiger partial charge in [0.15, 0.2) is 6.61 Å². The van der Waals surface area contributed by atoms with Crippen LogP contribution in [0, 0.1) is 12.7 Å². The van der Waals surface area contributed by atoms with Gasteiger partial charge in [-0.05, 0) is 24.6 Å². The van der Waals surface area contributed by atoms with Crippen molar-refractivity contribution >= 4 is 23.5 Å². The van der Waals surface area contributed by atoms with Gasteiger partial charge in [0, 0.05) is 17.9 Å². The van der Waals surface area contributed by atoms with Crippen molar-refractivity contribution in [3.8, 4) is 11.6 Å². The molecule has 1 heterocycles. The van der Waals surface area contributed by atoms with E-state index in [-0.39, 0.29) is 16.3 Å². The monoisotopic (exact) mass is 495 g/mol. The number of benzene rings is 1. The average molecular weight is 495 g/mol. The Morgan fingerprint density at radius 1 is 1.12 bits per heavy atom. The Labute approximate surface area is 178 Å². The minimum atomic E-state index is -5.90. The lowest BCUT2D eigenvalue weighted by Gasteiger charge is -2.18. The van der Waals surface area contributed by atoms with Gasteiger partial charge in [-0.15, -0.1) is 16.9 Å². The van der Waals surface area contributed by atoms with Gasteiger partial charge in [0.05, 0.1) is 5.75 Å². The predicted molar refractivity (Wildman–Crippen MR) is 95.8 cm³/mol. The first-order valence-electron chi connectivity index (χ1n) is 8.45. The molecule has 0 atom stereocenters. The normalized spacial score (nSPS) is 12.7. The molecule has 0 spiro atoms. The fourth-order valence-electron chi connectivity index (χ4n) is 2.25. The van der Waals surface area contributed by atoms with Crippen LogP contribution in [0.3, 0.4) is 0 Å². The van der Waals surface area contributed by atoms with E-state index in [9.17, 15) is 44.3 Å². The average Bonchev–Trinajstić information content (AvgIpc) is 2.99. The van der Waals surface area contributed by atoms with Crippen LogP contribution < -0.4 is 10.1 Å². The number of nitrogens with one attached hydrogen (secondary N) is 1. The van der Waals surface area contributed by atoms with Crippen LogP contribution in [-0.4, -0.2) is 46.3 Å². The quantitative estimate of drug-likeness (QED) is 0.407. The number of alkyl halides is 8. The fourth-order valence-corrected chi connectivity index (χ4v) is 3.05. The fraction of sp³-hybridized carbons (Fsp3) is 0.412. The highest BCUT2D eigenvalue weighted by atomic mass is 32.2. The number of anilines is 1. The van der Waals surface area contributed by atoms with Gasteiger partial charge >= 0.3 is 18.3 Å². The van der Waals surface area contributed by atoms with E-state index in [1.165, 1.54) is 6.92 Å². The maximum atomic E-state index is 14.5. The number of thioether (sulfide) groups is 1. The summed E-state index contributed by atoms with van der Waals surface area (Å²) in [6, 6.07) is 2.61. The molecule has 0 saturated heterocycles. The van der Waals surface area contributed by atoms with Crippen molar-refractivity contribution in [3.05, 3.63) is 29.6 Å². The molecule has 5 nitrogen and oxygen atoms in total. The number of ether oxygens (including phenoxy) is 1. The standard InChI is InChI=1S/C17H14F9N3O2S/c1-8-3-10(18)11(4-12(8)32-7-16(21,22)23)29-13(27-9(2)30)5-14(28-29)31-6-15(19,20)17(24,25)26/h3-5H,6-7H2,1-2H3,(H,27,30). The molecule has 32 heavy (non-hydrogen) atoms. The number of halogens is 9. The third-order valence-corrected chi connectivity index (χ3v) is 4.89. The Balaban J connectivity index is 2.44. The maximum absolute atomic E-state index is 14.5. The lowest BCUT2D eigenvalue weighted by Crippen LogP contribution is -2.41. The van der Waals surface area contributed by atoms with E-state index in [4.69, 9.17) is 0 Å². The third-order valence-electron chi connectivity index (χ3n) is 3.67. The van der Waals surface area contributed by atoms with Crippen molar-refractivity contribution in [2.24, 2.45) is 0 Å². The van der Waals surface area contributed by atoms with E-state index in [0.717, 1.165) is 25.1 Å². The third kappa shape index (κ3) is 6.46. The molecule has 2 rings (SSSR count).